The Balaban J connectivity index is 1.53. The van der Waals surface area contributed by atoms with Crippen molar-refractivity contribution in [1.82, 2.24) is 10.6 Å². The normalized spacial score (nSPS) is 17.0. The van der Waals surface area contributed by atoms with E-state index in [1.807, 2.05) is 30.0 Å². The second-order valence-electron chi connectivity index (χ2n) is 5.65. The summed E-state index contributed by atoms with van der Waals surface area (Å²) in [6, 6.07) is 10.5. The first-order valence-electron chi connectivity index (χ1n) is 8.05. The summed E-state index contributed by atoms with van der Waals surface area (Å²) in [5.41, 5.74) is 0. The lowest BCUT2D eigenvalue weighted by molar-refractivity contribution is 0.0571. The van der Waals surface area contributed by atoms with Crippen molar-refractivity contribution < 1.29 is 9.53 Å². The van der Waals surface area contributed by atoms with Crippen molar-refractivity contribution in [1.29, 1.82) is 0 Å². The number of nitrogens with one attached hydrogen (secondary N) is 2. The fourth-order valence-electron chi connectivity index (χ4n) is 2.57. The van der Waals surface area contributed by atoms with E-state index < -0.39 is 0 Å². The summed E-state index contributed by atoms with van der Waals surface area (Å²) in [5.74, 6) is 1.55. The number of thioether (sulfide) groups is 1. The number of urea groups is 1. The van der Waals surface area contributed by atoms with Crippen LogP contribution in [-0.4, -0.2) is 37.6 Å². The van der Waals surface area contributed by atoms with Crippen LogP contribution in [0.2, 0.25) is 0 Å². The average molecular weight is 322 g/mol. The summed E-state index contributed by atoms with van der Waals surface area (Å²) >= 11 is 1.82. The molecule has 0 radical (unpaired) electrons. The quantitative estimate of drug-likeness (QED) is 0.598. The van der Waals surface area contributed by atoms with Crippen LogP contribution in [0.25, 0.3) is 0 Å². The molecule has 5 heteroatoms. The molecule has 4 nitrogen and oxygen atoms in total. The van der Waals surface area contributed by atoms with Crippen molar-refractivity contribution >= 4 is 17.8 Å². The molecule has 1 aromatic carbocycles. The maximum absolute atomic E-state index is 11.9. The Morgan fingerprint density at radius 3 is 2.77 bits per heavy atom. The minimum Gasteiger partial charge on any atom is -0.381 e. The second-order valence-corrected chi connectivity index (χ2v) is 6.82. The molecular formula is C17H26N2O2S. The van der Waals surface area contributed by atoms with E-state index in [1.54, 1.807) is 0 Å². The van der Waals surface area contributed by atoms with Gasteiger partial charge in [0.05, 0.1) is 0 Å². The molecule has 1 atom stereocenters. The minimum absolute atomic E-state index is 0.0521. The van der Waals surface area contributed by atoms with Gasteiger partial charge in [0, 0.05) is 30.7 Å². The van der Waals surface area contributed by atoms with E-state index in [1.165, 1.54) is 4.90 Å². The van der Waals surface area contributed by atoms with Crippen molar-refractivity contribution in [2.75, 3.05) is 25.5 Å². The summed E-state index contributed by atoms with van der Waals surface area (Å²) in [7, 11) is 0. The van der Waals surface area contributed by atoms with Gasteiger partial charge in [-0.1, -0.05) is 18.2 Å². The zero-order valence-corrected chi connectivity index (χ0v) is 14.0. The molecule has 1 heterocycles. The molecule has 0 aromatic heterocycles. The van der Waals surface area contributed by atoms with E-state index in [0.717, 1.165) is 38.2 Å². The molecule has 0 spiro atoms. The highest BCUT2D eigenvalue weighted by Gasteiger charge is 2.21. The molecule has 1 fully saturated rings. The highest BCUT2D eigenvalue weighted by atomic mass is 32.2. The van der Waals surface area contributed by atoms with Crippen molar-refractivity contribution in [2.24, 2.45) is 5.92 Å². The summed E-state index contributed by atoms with van der Waals surface area (Å²) in [6.07, 6.45) is 3.04. The Morgan fingerprint density at radius 2 is 2.05 bits per heavy atom. The lowest BCUT2D eigenvalue weighted by Gasteiger charge is -2.28. The molecule has 0 unspecified atom stereocenters. The first-order valence-corrected chi connectivity index (χ1v) is 9.04. The second kappa shape index (κ2) is 9.74. The molecule has 22 heavy (non-hydrogen) atoms. The van der Waals surface area contributed by atoms with Gasteiger partial charge in [-0.15, -0.1) is 11.8 Å². The van der Waals surface area contributed by atoms with Gasteiger partial charge in [-0.05, 0) is 50.0 Å². The predicted octanol–water partition coefficient (Wildman–Crippen LogP) is 3.28. The van der Waals surface area contributed by atoms with Crippen LogP contribution in [0.4, 0.5) is 4.79 Å². The smallest absolute Gasteiger partial charge is 0.315 e. The van der Waals surface area contributed by atoms with E-state index in [2.05, 4.69) is 29.7 Å². The van der Waals surface area contributed by atoms with Gasteiger partial charge in [-0.2, -0.15) is 0 Å². The van der Waals surface area contributed by atoms with Crippen LogP contribution in [0.1, 0.15) is 26.2 Å². The molecule has 0 aliphatic carbocycles. The van der Waals surface area contributed by atoms with Crippen LogP contribution >= 0.6 is 11.8 Å². The van der Waals surface area contributed by atoms with Crippen LogP contribution in [0.15, 0.2) is 35.2 Å². The number of carbonyl (C=O) groups excluding carboxylic acids is 1. The van der Waals surface area contributed by atoms with Gasteiger partial charge in [-0.25, -0.2) is 4.79 Å². The summed E-state index contributed by atoms with van der Waals surface area (Å²) < 4.78 is 5.35. The SMILES string of the molecule is C[C@H](NC(=O)NCCCSc1ccccc1)C1CCOCC1. The first kappa shape index (κ1) is 17.2. The first-order chi connectivity index (χ1) is 10.8. The van der Waals surface area contributed by atoms with Gasteiger partial charge in [0.25, 0.3) is 0 Å². The van der Waals surface area contributed by atoms with Crippen LogP contribution in [0, 0.1) is 5.92 Å². The number of carbonyl (C=O) groups is 1. The number of ether oxygens (including phenoxy) is 1. The van der Waals surface area contributed by atoms with Gasteiger partial charge in [0.2, 0.25) is 0 Å². The fraction of sp³-hybridized carbons (Fsp3) is 0.588. The van der Waals surface area contributed by atoms with Gasteiger partial charge < -0.3 is 15.4 Å². The van der Waals surface area contributed by atoms with Crippen LogP contribution in [-0.2, 0) is 4.74 Å². The van der Waals surface area contributed by atoms with Gasteiger partial charge in [-0.3, -0.25) is 0 Å². The molecule has 1 aliphatic rings. The van der Waals surface area contributed by atoms with Crippen molar-refractivity contribution in [3.8, 4) is 0 Å². The number of hydrogen-bond donors (Lipinski definition) is 2. The highest BCUT2D eigenvalue weighted by Crippen LogP contribution is 2.18. The monoisotopic (exact) mass is 322 g/mol. The Hall–Kier alpha value is -1.20. The lowest BCUT2D eigenvalue weighted by atomic mass is 9.93. The van der Waals surface area contributed by atoms with E-state index in [9.17, 15) is 4.79 Å². The summed E-state index contributed by atoms with van der Waals surface area (Å²) in [4.78, 5) is 13.1. The zero-order chi connectivity index (χ0) is 15.6. The molecule has 2 N–H and O–H groups in total. The van der Waals surface area contributed by atoms with Gasteiger partial charge in [0.1, 0.15) is 0 Å². The third-order valence-corrected chi connectivity index (χ3v) is 5.05. The van der Waals surface area contributed by atoms with Crippen molar-refractivity contribution in [2.45, 2.75) is 37.1 Å². The number of benzene rings is 1. The molecule has 0 bridgehead atoms. The Kier molecular flexibility index (Phi) is 7.60. The Labute approximate surface area is 137 Å². The molecule has 1 aliphatic heterocycles. The molecule has 122 valence electrons. The van der Waals surface area contributed by atoms with E-state index in [0.29, 0.717) is 12.5 Å². The van der Waals surface area contributed by atoms with E-state index >= 15 is 0 Å². The van der Waals surface area contributed by atoms with Crippen molar-refractivity contribution in [3.05, 3.63) is 30.3 Å². The predicted molar refractivity (Wildman–Crippen MR) is 91.3 cm³/mol. The van der Waals surface area contributed by atoms with Crippen LogP contribution in [0.3, 0.4) is 0 Å². The van der Waals surface area contributed by atoms with Gasteiger partial charge >= 0.3 is 6.03 Å². The van der Waals surface area contributed by atoms with E-state index in [-0.39, 0.29) is 12.1 Å². The standard InChI is InChI=1S/C17H26N2O2S/c1-14(15-8-11-21-12-9-15)19-17(20)18-10-5-13-22-16-6-3-2-4-7-16/h2-4,6-7,14-15H,5,8-13H2,1H3,(H2,18,19,20)/t14-/m0/s1. The maximum atomic E-state index is 11.9. The average Bonchev–Trinajstić information content (AvgIpc) is 2.56. The molecule has 1 saturated heterocycles. The zero-order valence-electron chi connectivity index (χ0n) is 13.2. The molecule has 0 saturated carbocycles. The molecular weight excluding hydrogens is 296 g/mol. The van der Waals surface area contributed by atoms with Crippen LogP contribution < -0.4 is 10.6 Å². The third kappa shape index (κ3) is 6.28. The minimum atomic E-state index is -0.0521. The largest absolute Gasteiger partial charge is 0.381 e. The fourth-order valence-corrected chi connectivity index (χ4v) is 3.45. The number of amides is 2. The molecule has 1 aromatic rings. The third-order valence-electron chi connectivity index (χ3n) is 3.95. The van der Waals surface area contributed by atoms with Crippen LogP contribution in [0.5, 0.6) is 0 Å². The Morgan fingerprint density at radius 1 is 1.32 bits per heavy atom. The number of hydrogen-bond acceptors (Lipinski definition) is 3. The Bertz CT molecular complexity index is 436. The van der Waals surface area contributed by atoms with Crippen molar-refractivity contribution in [3.63, 3.8) is 0 Å². The topological polar surface area (TPSA) is 50.4 Å². The highest BCUT2D eigenvalue weighted by molar-refractivity contribution is 7.99. The van der Waals surface area contributed by atoms with E-state index in [4.69, 9.17) is 4.74 Å². The number of rotatable bonds is 7. The van der Waals surface area contributed by atoms with Gasteiger partial charge in [0.15, 0.2) is 0 Å². The molecule has 2 amide bonds. The lowest BCUT2D eigenvalue weighted by Crippen LogP contribution is -2.45. The summed E-state index contributed by atoms with van der Waals surface area (Å²) in [5, 5.41) is 5.99. The maximum Gasteiger partial charge on any atom is 0.315 e. The molecule has 2 rings (SSSR count). The summed E-state index contributed by atoms with van der Waals surface area (Å²) in [6.45, 7) is 4.43.